The molecule has 1 radical (unpaired) electrons. The molecule has 53 valence electrons. The van der Waals surface area contributed by atoms with Gasteiger partial charge in [-0.15, -0.1) is 0 Å². The molecule has 0 saturated carbocycles. The summed E-state index contributed by atoms with van der Waals surface area (Å²) in [6.07, 6.45) is 7.22. The van der Waals surface area contributed by atoms with Crippen molar-refractivity contribution in [1.82, 2.24) is 10.3 Å². The molecule has 2 nitrogen and oxygen atoms in total. The number of pyridine rings is 1. The highest BCUT2D eigenvalue weighted by Gasteiger charge is 2.06. The van der Waals surface area contributed by atoms with Gasteiger partial charge in [0.1, 0.15) is 4.99 Å². The van der Waals surface area contributed by atoms with Crippen LogP contribution in [-0.2, 0) is 0 Å². The molecule has 11 heavy (non-hydrogen) atoms. The van der Waals surface area contributed by atoms with E-state index in [1.165, 1.54) is 0 Å². The zero-order valence-corrected chi connectivity index (χ0v) is 6.51. The molecule has 3 heteroatoms. The van der Waals surface area contributed by atoms with Gasteiger partial charge < -0.3 is 0 Å². The van der Waals surface area contributed by atoms with Gasteiger partial charge in [0, 0.05) is 11.8 Å². The summed E-state index contributed by atoms with van der Waals surface area (Å²) >= 11 is 4.90. The van der Waals surface area contributed by atoms with Gasteiger partial charge in [-0.1, -0.05) is 12.2 Å². The van der Waals surface area contributed by atoms with Gasteiger partial charge in [-0.25, -0.2) is 5.32 Å². The zero-order chi connectivity index (χ0) is 7.68. The van der Waals surface area contributed by atoms with Gasteiger partial charge in [0.25, 0.3) is 0 Å². The first-order valence-electron chi connectivity index (χ1n) is 3.24. The molecule has 2 rings (SSSR count). The molecule has 1 aliphatic rings. The van der Waals surface area contributed by atoms with Crippen LogP contribution >= 0.6 is 12.2 Å². The fourth-order valence-corrected chi connectivity index (χ4v) is 1.11. The van der Waals surface area contributed by atoms with Crippen LogP contribution in [0.1, 0.15) is 5.56 Å². The molecule has 1 aromatic heterocycles. The van der Waals surface area contributed by atoms with Crippen LogP contribution in [-0.4, -0.2) is 9.97 Å². The van der Waals surface area contributed by atoms with Crippen molar-refractivity contribution in [2.75, 3.05) is 0 Å². The van der Waals surface area contributed by atoms with Crippen molar-refractivity contribution in [2.24, 2.45) is 0 Å². The molecule has 0 aliphatic carbocycles. The van der Waals surface area contributed by atoms with E-state index >= 15 is 0 Å². The molecule has 2 heterocycles. The standard InChI is InChI=1S/C8H5N2S/c11-8-2-1-6-3-4-9-5-7(6)10-8/h1-5H. The third kappa shape index (κ3) is 1.14. The van der Waals surface area contributed by atoms with Crippen molar-refractivity contribution in [2.45, 2.75) is 0 Å². The van der Waals surface area contributed by atoms with E-state index in [1.807, 2.05) is 18.2 Å². The van der Waals surface area contributed by atoms with E-state index in [0.717, 1.165) is 11.3 Å². The molecule has 0 N–H and O–H groups in total. The summed E-state index contributed by atoms with van der Waals surface area (Å²) in [5.74, 6) is 0. The van der Waals surface area contributed by atoms with Gasteiger partial charge in [0.15, 0.2) is 0 Å². The van der Waals surface area contributed by atoms with Crippen LogP contribution in [0, 0.1) is 0 Å². The van der Waals surface area contributed by atoms with Gasteiger partial charge >= 0.3 is 0 Å². The summed E-state index contributed by atoms with van der Waals surface area (Å²) < 4.78 is 0. The van der Waals surface area contributed by atoms with Gasteiger partial charge in [-0.2, -0.15) is 0 Å². The van der Waals surface area contributed by atoms with Crippen LogP contribution in [0.4, 0.5) is 5.69 Å². The van der Waals surface area contributed by atoms with E-state index < -0.39 is 0 Å². The number of rotatable bonds is 0. The first-order chi connectivity index (χ1) is 5.36. The molecule has 0 amide bonds. The number of aromatic nitrogens is 1. The second-order valence-corrected chi connectivity index (χ2v) is 2.64. The zero-order valence-electron chi connectivity index (χ0n) is 5.69. The Bertz CT molecular complexity index is 331. The highest BCUT2D eigenvalue weighted by molar-refractivity contribution is 7.80. The minimum atomic E-state index is 0.616. The number of fused-ring (bicyclic) bond motifs is 1. The van der Waals surface area contributed by atoms with Crippen molar-refractivity contribution in [3.05, 3.63) is 30.1 Å². The Morgan fingerprint density at radius 1 is 1.27 bits per heavy atom. The molecular formula is C8H5N2S. The SMILES string of the molecule is S=C1C=Cc2ccncc2[N]1. The van der Waals surface area contributed by atoms with Gasteiger partial charge in [0.2, 0.25) is 0 Å². The molecule has 0 saturated heterocycles. The first kappa shape index (κ1) is 6.49. The van der Waals surface area contributed by atoms with Gasteiger partial charge in [-0.05, 0) is 18.2 Å². The predicted octanol–water partition coefficient (Wildman–Crippen LogP) is 1.67. The maximum absolute atomic E-state index is 4.90. The average molecular weight is 161 g/mol. The Morgan fingerprint density at radius 2 is 2.18 bits per heavy atom. The van der Waals surface area contributed by atoms with Crippen molar-refractivity contribution in [3.63, 3.8) is 0 Å². The maximum atomic E-state index is 4.90. The van der Waals surface area contributed by atoms with Gasteiger partial charge in [-0.3, -0.25) is 4.98 Å². The largest absolute Gasteiger partial charge is 0.262 e. The molecule has 0 bridgehead atoms. The number of hydrogen-bond acceptors (Lipinski definition) is 2. The summed E-state index contributed by atoms with van der Waals surface area (Å²) in [6.45, 7) is 0. The lowest BCUT2D eigenvalue weighted by Crippen LogP contribution is -2.08. The van der Waals surface area contributed by atoms with Crippen LogP contribution in [0.5, 0.6) is 0 Å². The molecule has 0 spiro atoms. The Morgan fingerprint density at radius 3 is 3.09 bits per heavy atom. The summed E-state index contributed by atoms with van der Waals surface area (Å²) in [7, 11) is 0. The molecule has 0 aromatic carbocycles. The van der Waals surface area contributed by atoms with E-state index in [2.05, 4.69) is 10.3 Å². The Labute approximate surface area is 70.0 Å². The lowest BCUT2D eigenvalue weighted by molar-refractivity contribution is 1.20. The lowest BCUT2D eigenvalue weighted by Gasteiger charge is -2.08. The topological polar surface area (TPSA) is 27.0 Å². The van der Waals surface area contributed by atoms with E-state index in [-0.39, 0.29) is 0 Å². The Hall–Kier alpha value is -1.22. The average Bonchev–Trinajstić information content (AvgIpc) is 2.04. The molecule has 0 atom stereocenters. The van der Waals surface area contributed by atoms with Crippen LogP contribution in [0.2, 0.25) is 0 Å². The second-order valence-electron chi connectivity index (χ2n) is 2.22. The van der Waals surface area contributed by atoms with Crippen LogP contribution in [0.15, 0.2) is 24.5 Å². The predicted molar refractivity (Wildman–Crippen MR) is 47.7 cm³/mol. The normalized spacial score (nSPS) is 14.0. The quantitative estimate of drug-likeness (QED) is 0.541. The highest BCUT2D eigenvalue weighted by Crippen LogP contribution is 2.19. The number of nitrogens with zero attached hydrogens (tertiary/aromatic N) is 2. The number of hydrogen-bond donors (Lipinski definition) is 0. The summed E-state index contributed by atoms with van der Waals surface area (Å²) in [4.78, 5) is 4.56. The fraction of sp³-hybridized carbons (Fsp3) is 0. The summed E-state index contributed by atoms with van der Waals surface area (Å²) in [5.41, 5.74) is 1.94. The third-order valence-electron chi connectivity index (χ3n) is 1.47. The van der Waals surface area contributed by atoms with Crippen molar-refractivity contribution < 1.29 is 0 Å². The highest BCUT2D eigenvalue weighted by atomic mass is 32.1. The van der Waals surface area contributed by atoms with Crippen LogP contribution < -0.4 is 5.32 Å². The van der Waals surface area contributed by atoms with Crippen molar-refractivity contribution >= 4 is 29.0 Å². The molecule has 1 aliphatic heterocycles. The minimum absolute atomic E-state index is 0.616. The molecule has 0 fully saturated rings. The molecule has 0 unspecified atom stereocenters. The van der Waals surface area contributed by atoms with Crippen LogP contribution in [0.3, 0.4) is 0 Å². The smallest absolute Gasteiger partial charge is 0.126 e. The van der Waals surface area contributed by atoms with E-state index in [1.54, 1.807) is 12.4 Å². The van der Waals surface area contributed by atoms with E-state index in [0.29, 0.717) is 4.99 Å². The van der Waals surface area contributed by atoms with E-state index in [4.69, 9.17) is 12.2 Å². The first-order valence-corrected chi connectivity index (χ1v) is 3.65. The minimum Gasteiger partial charge on any atom is -0.262 e. The van der Waals surface area contributed by atoms with Crippen molar-refractivity contribution in [3.8, 4) is 0 Å². The fourth-order valence-electron chi connectivity index (χ4n) is 0.948. The van der Waals surface area contributed by atoms with Crippen molar-refractivity contribution in [1.29, 1.82) is 0 Å². The Balaban J connectivity index is 2.54. The molecule has 1 aromatic rings. The summed E-state index contributed by atoms with van der Waals surface area (Å²) in [5, 5.41) is 4.13. The summed E-state index contributed by atoms with van der Waals surface area (Å²) in [6, 6.07) is 1.91. The maximum Gasteiger partial charge on any atom is 0.126 e. The Kier molecular flexibility index (Phi) is 1.43. The number of thiocarbonyl (C=S) groups is 1. The monoisotopic (exact) mass is 161 g/mol. The second kappa shape index (κ2) is 2.43. The lowest BCUT2D eigenvalue weighted by atomic mass is 10.1. The van der Waals surface area contributed by atoms with Gasteiger partial charge in [0.05, 0.1) is 11.9 Å². The van der Waals surface area contributed by atoms with Crippen LogP contribution in [0.25, 0.3) is 6.08 Å². The van der Waals surface area contributed by atoms with E-state index in [9.17, 15) is 0 Å². The third-order valence-corrected chi connectivity index (χ3v) is 1.70. The molecular weight excluding hydrogens is 156 g/mol.